The van der Waals surface area contributed by atoms with Crippen LogP contribution in [0.2, 0.25) is 0 Å². The van der Waals surface area contributed by atoms with Crippen LogP contribution in [0.5, 0.6) is 0 Å². The third kappa shape index (κ3) is 17.4. The van der Waals surface area contributed by atoms with E-state index in [0.29, 0.717) is 13.0 Å². The summed E-state index contributed by atoms with van der Waals surface area (Å²) >= 11 is 0. The molecule has 0 bridgehead atoms. The summed E-state index contributed by atoms with van der Waals surface area (Å²) < 4.78 is 33.6. The highest BCUT2D eigenvalue weighted by molar-refractivity contribution is 5.69. The molecule has 11 atom stereocenters. The van der Waals surface area contributed by atoms with E-state index in [0.717, 1.165) is 51.4 Å². The molecule has 0 aromatic rings. The van der Waals surface area contributed by atoms with E-state index in [1.807, 2.05) is 6.92 Å². The van der Waals surface area contributed by atoms with Crippen molar-refractivity contribution in [3.8, 4) is 0 Å². The Morgan fingerprint density at radius 2 is 1.22 bits per heavy atom. The lowest BCUT2D eigenvalue weighted by Crippen LogP contribution is -2.61. The van der Waals surface area contributed by atoms with Gasteiger partial charge >= 0.3 is 5.97 Å². The third-order valence-corrected chi connectivity index (χ3v) is 8.96. The van der Waals surface area contributed by atoms with E-state index in [-0.39, 0.29) is 19.6 Å². The number of hydrogen-bond donors (Lipinski definition) is 7. The van der Waals surface area contributed by atoms with Gasteiger partial charge in [0.15, 0.2) is 12.6 Å². The lowest BCUT2D eigenvalue weighted by Gasteiger charge is -2.42. The lowest BCUT2D eigenvalue weighted by molar-refractivity contribution is -0.332. The van der Waals surface area contributed by atoms with Crippen molar-refractivity contribution in [3.05, 3.63) is 24.3 Å². The summed E-state index contributed by atoms with van der Waals surface area (Å²) in [6, 6.07) is 0. The van der Waals surface area contributed by atoms with Crippen molar-refractivity contribution in [3.63, 3.8) is 0 Å². The molecule has 0 saturated carbocycles. The molecule has 0 spiro atoms. The maximum atomic E-state index is 12.4. The molecule has 0 aromatic heterocycles. The van der Waals surface area contributed by atoms with Gasteiger partial charge in [-0.3, -0.25) is 4.79 Å². The van der Waals surface area contributed by atoms with Crippen LogP contribution in [-0.2, 0) is 33.2 Å². The van der Waals surface area contributed by atoms with Gasteiger partial charge in [-0.05, 0) is 38.5 Å². The molecular weight excluding hydrogens is 668 g/mol. The second kappa shape index (κ2) is 27.1. The maximum Gasteiger partial charge on any atom is 0.306 e. The maximum absolute atomic E-state index is 12.4. The average molecular weight is 735 g/mol. The standard InChI is InChI=1S/C37H66O14/c1-3-5-7-8-9-10-11-12-13-14-15-16-17-18-19-21-46-23-26(49-29(39)20-6-4-2)24-47-36-35(45)33(43)31(41)28(51-36)25-48-37-34(44)32(42)30(40)27(22-38)50-37/h8-9,11-12,26-28,30-38,40-45H,3-7,10,13-25H2,1-2H3/b9-8-,12-11-. The summed E-state index contributed by atoms with van der Waals surface area (Å²) in [5.41, 5.74) is 0. The number of aliphatic hydroxyl groups excluding tert-OH is 7. The van der Waals surface area contributed by atoms with Crippen molar-refractivity contribution in [2.75, 3.05) is 33.0 Å². The number of unbranched alkanes of at least 4 members (excludes halogenated alkanes) is 9. The quantitative estimate of drug-likeness (QED) is 0.0366. The first-order valence-electron chi connectivity index (χ1n) is 18.9. The van der Waals surface area contributed by atoms with E-state index in [1.54, 1.807) is 0 Å². The van der Waals surface area contributed by atoms with E-state index < -0.39 is 86.7 Å². The third-order valence-electron chi connectivity index (χ3n) is 8.96. The zero-order valence-electron chi connectivity index (χ0n) is 30.6. The molecule has 7 N–H and O–H groups in total. The van der Waals surface area contributed by atoms with E-state index in [2.05, 4.69) is 31.2 Å². The van der Waals surface area contributed by atoms with Crippen LogP contribution in [0, 0.1) is 0 Å². The number of ether oxygens (including phenoxy) is 6. The first-order chi connectivity index (χ1) is 24.6. The molecule has 0 amide bonds. The largest absolute Gasteiger partial charge is 0.457 e. The number of hydrogen-bond acceptors (Lipinski definition) is 14. The Labute approximate surface area is 303 Å². The second-order valence-corrected chi connectivity index (χ2v) is 13.4. The fourth-order valence-electron chi connectivity index (χ4n) is 5.69. The highest BCUT2D eigenvalue weighted by atomic mass is 16.7. The Morgan fingerprint density at radius 3 is 1.86 bits per heavy atom. The number of carbonyl (C=O) groups excluding carboxylic acids is 1. The normalized spacial score (nSPS) is 30.7. The van der Waals surface area contributed by atoms with Crippen molar-refractivity contribution in [1.82, 2.24) is 0 Å². The second-order valence-electron chi connectivity index (χ2n) is 13.4. The molecule has 0 aliphatic carbocycles. The van der Waals surface area contributed by atoms with Crippen LogP contribution in [0.4, 0.5) is 0 Å². The summed E-state index contributed by atoms with van der Waals surface area (Å²) in [5, 5.41) is 71.2. The van der Waals surface area contributed by atoms with E-state index in [1.165, 1.54) is 25.7 Å². The van der Waals surface area contributed by atoms with Crippen LogP contribution < -0.4 is 0 Å². The first kappa shape index (κ1) is 45.6. The molecule has 298 valence electrons. The minimum Gasteiger partial charge on any atom is -0.457 e. The molecule has 2 rings (SSSR count). The molecule has 2 aliphatic rings. The highest BCUT2D eigenvalue weighted by Gasteiger charge is 2.47. The summed E-state index contributed by atoms with van der Waals surface area (Å²) in [7, 11) is 0. The van der Waals surface area contributed by atoms with Gasteiger partial charge in [0.05, 0.1) is 26.4 Å². The van der Waals surface area contributed by atoms with Gasteiger partial charge in [0.25, 0.3) is 0 Å². The van der Waals surface area contributed by atoms with Crippen LogP contribution in [0.25, 0.3) is 0 Å². The molecule has 0 radical (unpaired) electrons. The van der Waals surface area contributed by atoms with Gasteiger partial charge in [-0.25, -0.2) is 0 Å². The fraction of sp³-hybridized carbons (Fsp3) is 0.865. The molecule has 2 fully saturated rings. The summed E-state index contributed by atoms with van der Waals surface area (Å²) in [6.45, 7) is 3.32. The van der Waals surface area contributed by atoms with Crippen molar-refractivity contribution in [2.24, 2.45) is 0 Å². The molecular formula is C37H66O14. The summed E-state index contributed by atoms with van der Waals surface area (Å²) in [4.78, 5) is 12.4. The van der Waals surface area contributed by atoms with Crippen LogP contribution in [-0.4, -0.2) is 142 Å². The van der Waals surface area contributed by atoms with Crippen molar-refractivity contribution in [1.29, 1.82) is 0 Å². The van der Waals surface area contributed by atoms with Gasteiger partial charge in [0, 0.05) is 13.0 Å². The number of carbonyl (C=O) groups is 1. The minimum atomic E-state index is -1.70. The predicted octanol–water partition coefficient (Wildman–Crippen LogP) is 2.17. The van der Waals surface area contributed by atoms with Crippen LogP contribution >= 0.6 is 0 Å². The van der Waals surface area contributed by atoms with Gasteiger partial charge in [-0.2, -0.15) is 0 Å². The van der Waals surface area contributed by atoms with Gasteiger partial charge < -0.3 is 64.2 Å². The molecule has 14 heteroatoms. The van der Waals surface area contributed by atoms with Gasteiger partial charge in [0.2, 0.25) is 0 Å². The SMILES string of the molecule is CCCC/C=C\C/C=C\CCCCCCCCOCC(COC1OC(COC2OC(CO)C(O)C(O)C2O)C(O)C(O)C1O)OC(=O)CCCC. The van der Waals surface area contributed by atoms with Crippen molar-refractivity contribution in [2.45, 2.75) is 171 Å². The van der Waals surface area contributed by atoms with Crippen LogP contribution in [0.3, 0.4) is 0 Å². The first-order valence-corrected chi connectivity index (χ1v) is 18.9. The Bertz CT molecular complexity index is 948. The Balaban J connectivity index is 1.75. The average Bonchev–Trinajstić information content (AvgIpc) is 3.13. The van der Waals surface area contributed by atoms with Crippen molar-refractivity contribution < 1.29 is 69.0 Å². The highest BCUT2D eigenvalue weighted by Crippen LogP contribution is 2.26. The zero-order chi connectivity index (χ0) is 37.4. The Kier molecular flexibility index (Phi) is 24.3. The van der Waals surface area contributed by atoms with Gasteiger partial charge in [-0.1, -0.05) is 83.1 Å². The van der Waals surface area contributed by atoms with E-state index in [4.69, 9.17) is 28.4 Å². The molecule has 14 nitrogen and oxygen atoms in total. The molecule has 11 unspecified atom stereocenters. The minimum absolute atomic E-state index is 0.0512. The van der Waals surface area contributed by atoms with Gasteiger partial charge in [0.1, 0.15) is 54.9 Å². The summed E-state index contributed by atoms with van der Waals surface area (Å²) in [6.07, 6.45) is 6.79. The number of esters is 1. The van der Waals surface area contributed by atoms with Crippen LogP contribution in [0.15, 0.2) is 24.3 Å². The number of aliphatic hydroxyl groups is 7. The number of rotatable bonds is 27. The molecule has 2 heterocycles. The lowest BCUT2D eigenvalue weighted by atomic mass is 9.98. The topological polar surface area (TPSA) is 214 Å². The van der Waals surface area contributed by atoms with E-state index in [9.17, 15) is 40.5 Å². The fourth-order valence-corrected chi connectivity index (χ4v) is 5.69. The summed E-state index contributed by atoms with van der Waals surface area (Å²) in [5.74, 6) is -0.418. The molecule has 0 aromatic carbocycles. The zero-order valence-corrected chi connectivity index (χ0v) is 30.6. The van der Waals surface area contributed by atoms with Gasteiger partial charge in [-0.15, -0.1) is 0 Å². The predicted molar refractivity (Wildman–Crippen MR) is 187 cm³/mol. The molecule has 51 heavy (non-hydrogen) atoms. The number of allylic oxidation sites excluding steroid dienone is 4. The molecule has 2 aliphatic heterocycles. The smallest absolute Gasteiger partial charge is 0.306 e. The Hall–Kier alpha value is -1.53. The van der Waals surface area contributed by atoms with Crippen molar-refractivity contribution >= 4 is 5.97 Å². The molecule has 2 saturated heterocycles. The monoisotopic (exact) mass is 734 g/mol. The van der Waals surface area contributed by atoms with E-state index >= 15 is 0 Å². The van der Waals surface area contributed by atoms with Crippen LogP contribution in [0.1, 0.15) is 104 Å². The Morgan fingerprint density at radius 1 is 0.647 bits per heavy atom.